The Labute approximate surface area is 151 Å². The van der Waals surface area contributed by atoms with E-state index in [9.17, 15) is 4.79 Å². The number of nitrogens with zero attached hydrogens (tertiary/aromatic N) is 5. The number of carbonyl (C=O) groups is 1. The van der Waals surface area contributed by atoms with Crippen molar-refractivity contribution in [1.82, 2.24) is 24.3 Å². The van der Waals surface area contributed by atoms with E-state index in [1.54, 1.807) is 11.9 Å². The van der Waals surface area contributed by atoms with Crippen LogP contribution in [0.3, 0.4) is 0 Å². The first-order valence-corrected chi connectivity index (χ1v) is 8.84. The summed E-state index contributed by atoms with van der Waals surface area (Å²) in [6.45, 7) is 7.10. The third kappa shape index (κ3) is 3.93. The van der Waals surface area contributed by atoms with Gasteiger partial charge in [-0.3, -0.25) is 9.48 Å². The van der Waals surface area contributed by atoms with Gasteiger partial charge in [0.25, 0.3) is 5.91 Å². The molecule has 0 fully saturated rings. The lowest BCUT2D eigenvalue weighted by Crippen LogP contribution is -2.26. The van der Waals surface area contributed by atoms with Gasteiger partial charge in [0.1, 0.15) is 0 Å². The van der Waals surface area contributed by atoms with Crippen LogP contribution >= 0.6 is 11.5 Å². The van der Waals surface area contributed by atoms with Crippen molar-refractivity contribution in [3.63, 3.8) is 0 Å². The molecule has 0 bridgehead atoms. The minimum absolute atomic E-state index is 0.0111. The lowest BCUT2D eigenvalue weighted by Gasteiger charge is -2.17. The molecular formula is C18H21N5OS. The molecule has 25 heavy (non-hydrogen) atoms. The molecule has 130 valence electrons. The minimum Gasteiger partial charge on any atom is -0.336 e. The van der Waals surface area contributed by atoms with Gasteiger partial charge in [0.15, 0.2) is 0 Å². The molecule has 0 aliphatic heterocycles. The second-order valence-electron chi connectivity index (χ2n) is 6.23. The summed E-state index contributed by atoms with van der Waals surface area (Å²) >= 11 is 1.33. The smallest absolute Gasteiger partial charge is 0.253 e. The standard InChI is InChI=1S/C18H21N5OS/c1-12-8-13(2)23(20-12)10-15-6-5-7-16(9-15)18(24)22(4)11-17-14(3)19-21-25-17/h5-9H,10-11H2,1-4H3. The molecule has 0 aliphatic rings. The fourth-order valence-electron chi connectivity index (χ4n) is 2.71. The van der Waals surface area contributed by atoms with Crippen molar-refractivity contribution in [2.24, 2.45) is 0 Å². The fraction of sp³-hybridized carbons (Fsp3) is 0.333. The van der Waals surface area contributed by atoms with Gasteiger partial charge in [-0.15, -0.1) is 5.10 Å². The zero-order chi connectivity index (χ0) is 18.0. The minimum atomic E-state index is -0.0111. The van der Waals surface area contributed by atoms with Gasteiger partial charge in [-0.1, -0.05) is 16.6 Å². The van der Waals surface area contributed by atoms with Crippen molar-refractivity contribution in [3.05, 3.63) is 63.4 Å². The average molecular weight is 355 g/mol. The molecule has 2 aromatic heterocycles. The van der Waals surface area contributed by atoms with Crippen molar-refractivity contribution in [2.75, 3.05) is 7.05 Å². The van der Waals surface area contributed by atoms with E-state index < -0.39 is 0 Å². The maximum atomic E-state index is 12.7. The summed E-state index contributed by atoms with van der Waals surface area (Å²) in [6.07, 6.45) is 0. The van der Waals surface area contributed by atoms with Crippen LogP contribution in [0.1, 0.15) is 37.9 Å². The van der Waals surface area contributed by atoms with Crippen molar-refractivity contribution < 1.29 is 4.79 Å². The number of hydrogen-bond donors (Lipinski definition) is 0. The molecule has 1 aromatic carbocycles. The molecule has 3 aromatic rings. The highest BCUT2D eigenvalue weighted by Gasteiger charge is 2.15. The van der Waals surface area contributed by atoms with Crippen LogP contribution in [0.4, 0.5) is 0 Å². The number of rotatable bonds is 5. The number of carbonyl (C=O) groups excluding carboxylic acids is 1. The van der Waals surface area contributed by atoms with Gasteiger partial charge in [0, 0.05) is 18.3 Å². The third-order valence-corrected chi connectivity index (χ3v) is 4.89. The lowest BCUT2D eigenvalue weighted by atomic mass is 10.1. The largest absolute Gasteiger partial charge is 0.336 e. The molecule has 0 aliphatic carbocycles. The van der Waals surface area contributed by atoms with Crippen LogP contribution in [0.15, 0.2) is 30.3 Å². The van der Waals surface area contributed by atoms with Gasteiger partial charge in [-0.05, 0) is 56.1 Å². The molecule has 7 heteroatoms. The molecule has 0 atom stereocenters. The predicted octanol–water partition coefficient (Wildman–Crippen LogP) is 2.98. The molecule has 6 nitrogen and oxygen atoms in total. The van der Waals surface area contributed by atoms with Crippen molar-refractivity contribution in [2.45, 2.75) is 33.9 Å². The van der Waals surface area contributed by atoms with Crippen LogP contribution in [0.25, 0.3) is 0 Å². The second-order valence-corrected chi connectivity index (χ2v) is 7.07. The Hall–Kier alpha value is -2.54. The number of aryl methyl sites for hydroxylation is 3. The summed E-state index contributed by atoms with van der Waals surface area (Å²) in [5.41, 5.74) is 4.72. The zero-order valence-electron chi connectivity index (χ0n) is 14.9. The Balaban J connectivity index is 1.75. The molecule has 1 amide bonds. The molecule has 0 saturated carbocycles. The van der Waals surface area contributed by atoms with Crippen molar-refractivity contribution in [3.8, 4) is 0 Å². The average Bonchev–Trinajstić information content (AvgIpc) is 3.12. The predicted molar refractivity (Wildman–Crippen MR) is 97.7 cm³/mol. The zero-order valence-corrected chi connectivity index (χ0v) is 15.7. The van der Waals surface area contributed by atoms with E-state index in [2.05, 4.69) is 14.7 Å². The van der Waals surface area contributed by atoms with Crippen LogP contribution in [-0.2, 0) is 13.1 Å². The molecule has 0 spiro atoms. The molecule has 0 unspecified atom stereocenters. The van der Waals surface area contributed by atoms with E-state index in [0.29, 0.717) is 18.7 Å². The van der Waals surface area contributed by atoms with E-state index in [1.165, 1.54) is 11.5 Å². The van der Waals surface area contributed by atoms with Gasteiger partial charge < -0.3 is 4.90 Å². The SMILES string of the molecule is Cc1cc(C)n(Cc2cccc(C(=O)N(C)Cc3snnc3C)c2)n1. The lowest BCUT2D eigenvalue weighted by molar-refractivity contribution is 0.0786. The molecule has 0 radical (unpaired) electrons. The van der Waals surface area contributed by atoms with E-state index in [0.717, 1.165) is 27.5 Å². The Bertz CT molecular complexity index is 899. The second kappa shape index (κ2) is 7.14. The van der Waals surface area contributed by atoms with E-state index >= 15 is 0 Å². The van der Waals surface area contributed by atoms with E-state index in [-0.39, 0.29) is 5.91 Å². The topological polar surface area (TPSA) is 63.9 Å². The first kappa shape index (κ1) is 17.3. The highest BCUT2D eigenvalue weighted by Crippen LogP contribution is 2.15. The van der Waals surface area contributed by atoms with Gasteiger partial charge in [0.05, 0.1) is 29.4 Å². The van der Waals surface area contributed by atoms with Gasteiger partial charge in [-0.2, -0.15) is 5.10 Å². The van der Waals surface area contributed by atoms with Crippen LogP contribution in [0.5, 0.6) is 0 Å². The quantitative estimate of drug-likeness (QED) is 0.706. The fourth-order valence-corrected chi connectivity index (χ4v) is 3.40. The summed E-state index contributed by atoms with van der Waals surface area (Å²) < 4.78 is 5.88. The molecule has 0 N–H and O–H groups in total. The summed E-state index contributed by atoms with van der Waals surface area (Å²) in [7, 11) is 1.80. The van der Waals surface area contributed by atoms with Crippen LogP contribution in [-0.4, -0.2) is 37.2 Å². The highest BCUT2D eigenvalue weighted by molar-refractivity contribution is 7.05. The molecular weight excluding hydrogens is 334 g/mol. The number of benzene rings is 1. The summed E-state index contributed by atoms with van der Waals surface area (Å²) in [6, 6.07) is 9.77. The normalized spacial score (nSPS) is 10.9. The molecule has 2 heterocycles. The van der Waals surface area contributed by atoms with Gasteiger partial charge in [0.2, 0.25) is 0 Å². The van der Waals surface area contributed by atoms with E-state index in [1.807, 2.05) is 55.8 Å². The Morgan fingerprint density at radius 1 is 1.24 bits per heavy atom. The summed E-state index contributed by atoms with van der Waals surface area (Å²) in [4.78, 5) is 15.4. The number of amides is 1. The number of hydrogen-bond acceptors (Lipinski definition) is 5. The Morgan fingerprint density at radius 2 is 2.04 bits per heavy atom. The first-order chi connectivity index (χ1) is 11.9. The Kier molecular flexibility index (Phi) is 4.94. The monoisotopic (exact) mass is 355 g/mol. The maximum absolute atomic E-state index is 12.7. The van der Waals surface area contributed by atoms with Crippen LogP contribution in [0.2, 0.25) is 0 Å². The Morgan fingerprint density at radius 3 is 2.68 bits per heavy atom. The van der Waals surface area contributed by atoms with Crippen molar-refractivity contribution in [1.29, 1.82) is 0 Å². The third-order valence-electron chi connectivity index (χ3n) is 4.08. The maximum Gasteiger partial charge on any atom is 0.253 e. The summed E-state index contributed by atoms with van der Waals surface area (Å²) in [5, 5.41) is 8.48. The van der Waals surface area contributed by atoms with Crippen LogP contribution < -0.4 is 0 Å². The van der Waals surface area contributed by atoms with Crippen molar-refractivity contribution >= 4 is 17.4 Å². The first-order valence-electron chi connectivity index (χ1n) is 8.07. The van der Waals surface area contributed by atoms with E-state index in [4.69, 9.17) is 0 Å². The molecule has 0 saturated heterocycles. The number of aromatic nitrogens is 4. The van der Waals surface area contributed by atoms with Crippen LogP contribution in [0, 0.1) is 20.8 Å². The summed E-state index contributed by atoms with van der Waals surface area (Å²) in [5.74, 6) is -0.0111. The van der Waals surface area contributed by atoms with Gasteiger partial charge >= 0.3 is 0 Å². The molecule has 3 rings (SSSR count). The van der Waals surface area contributed by atoms with Gasteiger partial charge in [-0.25, -0.2) is 0 Å². The highest BCUT2D eigenvalue weighted by atomic mass is 32.1.